The molecule has 0 amide bonds. The van der Waals surface area contributed by atoms with E-state index in [1.807, 2.05) is 6.92 Å². The number of aromatic nitrogens is 3. The van der Waals surface area contributed by atoms with Gasteiger partial charge in [0.25, 0.3) is 5.71 Å². The predicted molar refractivity (Wildman–Crippen MR) is 94.4 cm³/mol. The van der Waals surface area contributed by atoms with E-state index < -0.39 is 0 Å². The number of anilines is 2. The van der Waals surface area contributed by atoms with Crippen molar-refractivity contribution >= 4 is 22.6 Å². The highest BCUT2D eigenvalue weighted by molar-refractivity contribution is 5.87. The molecule has 124 valence electrons. The fraction of sp³-hybridized carbons (Fsp3) is 0.389. The monoisotopic (exact) mass is 323 g/mol. The van der Waals surface area contributed by atoms with Gasteiger partial charge in [-0.05, 0) is 31.9 Å². The zero-order valence-corrected chi connectivity index (χ0v) is 14.0. The Balaban J connectivity index is 1.51. The van der Waals surface area contributed by atoms with Crippen molar-refractivity contribution in [3.63, 3.8) is 0 Å². The lowest BCUT2D eigenvalue weighted by Gasteiger charge is -2.38. The summed E-state index contributed by atoms with van der Waals surface area (Å²) in [6, 6.07) is 11.1. The van der Waals surface area contributed by atoms with E-state index in [2.05, 4.69) is 62.3 Å². The van der Waals surface area contributed by atoms with Crippen LogP contribution in [0.4, 0.5) is 11.5 Å². The van der Waals surface area contributed by atoms with E-state index in [1.54, 1.807) is 6.33 Å². The average molecular weight is 323 g/mol. The van der Waals surface area contributed by atoms with Crippen molar-refractivity contribution in [2.45, 2.75) is 25.8 Å². The van der Waals surface area contributed by atoms with Crippen LogP contribution < -0.4 is 9.80 Å². The third-order valence-electron chi connectivity index (χ3n) is 4.90. The molecule has 0 radical (unpaired) electrons. The molecule has 0 bridgehead atoms. The Morgan fingerprint density at radius 2 is 1.88 bits per heavy atom. The minimum atomic E-state index is 0.546. The summed E-state index contributed by atoms with van der Waals surface area (Å²) in [7, 11) is 2.18. The fourth-order valence-electron chi connectivity index (χ4n) is 3.48. The molecular formula is C18H21N5O. The van der Waals surface area contributed by atoms with Gasteiger partial charge in [-0.15, -0.1) is 0 Å². The highest BCUT2D eigenvalue weighted by Crippen LogP contribution is 2.29. The maximum Gasteiger partial charge on any atom is 0.263 e. The van der Waals surface area contributed by atoms with Gasteiger partial charge < -0.3 is 14.3 Å². The van der Waals surface area contributed by atoms with Crippen LogP contribution in [0.1, 0.15) is 18.5 Å². The number of piperidine rings is 1. The lowest BCUT2D eigenvalue weighted by Crippen LogP contribution is -2.43. The van der Waals surface area contributed by atoms with E-state index in [-0.39, 0.29) is 0 Å². The molecule has 3 heterocycles. The van der Waals surface area contributed by atoms with Gasteiger partial charge in [-0.1, -0.05) is 23.4 Å². The maximum atomic E-state index is 5.26. The van der Waals surface area contributed by atoms with Gasteiger partial charge in [0.15, 0.2) is 0 Å². The molecule has 4 rings (SSSR count). The first-order valence-electron chi connectivity index (χ1n) is 8.34. The minimum Gasteiger partial charge on any atom is -0.371 e. The van der Waals surface area contributed by atoms with Crippen LogP contribution in [-0.4, -0.2) is 41.3 Å². The third-order valence-corrected chi connectivity index (χ3v) is 4.90. The smallest absolute Gasteiger partial charge is 0.263 e. The second-order valence-corrected chi connectivity index (χ2v) is 6.31. The number of benzene rings is 1. The third kappa shape index (κ3) is 2.58. The van der Waals surface area contributed by atoms with E-state index in [4.69, 9.17) is 4.52 Å². The Hall–Kier alpha value is -2.63. The Morgan fingerprint density at radius 3 is 2.62 bits per heavy atom. The molecule has 0 atom stereocenters. The molecular weight excluding hydrogens is 302 g/mol. The summed E-state index contributed by atoms with van der Waals surface area (Å²) in [6.45, 7) is 3.88. The topological polar surface area (TPSA) is 58.3 Å². The van der Waals surface area contributed by atoms with Crippen LogP contribution in [0.15, 0.2) is 41.2 Å². The van der Waals surface area contributed by atoms with Crippen LogP contribution >= 0.6 is 0 Å². The van der Waals surface area contributed by atoms with Crippen LogP contribution in [0.2, 0.25) is 0 Å². The van der Waals surface area contributed by atoms with Crippen LogP contribution in [0, 0.1) is 6.92 Å². The Labute approximate surface area is 141 Å². The number of nitrogens with zero attached hydrogens (tertiary/aromatic N) is 5. The van der Waals surface area contributed by atoms with E-state index >= 15 is 0 Å². The zero-order chi connectivity index (χ0) is 16.5. The van der Waals surface area contributed by atoms with Crippen molar-refractivity contribution < 1.29 is 4.52 Å². The number of aryl methyl sites for hydroxylation is 1. The fourth-order valence-corrected chi connectivity index (χ4v) is 3.48. The van der Waals surface area contributed by atoms with Gasteiger partial charge >= 0.3 is 0 Å². The molecule has 0 N–H and O–H groups in total. The molecule has 1 fully saturated rings. The minimum absolute atomic E-state index is 0.546. The molecule has 1 aliphatic heterocycles. The van der Waals surface area contributed by atoms with Crippen molar-refractivity contribution in [2.24, 2.45) is 0 Å². The first-order valence-corrected chi connectivity index (χ1v) is 8.34. The molecule has 0 aliphatic carbocycles. The number of hydrogen-bond acceptors (Lipinski definition) is 6. The quantitative estimate of drug-likeness (QED) is 0.738. The summed E-state index contributed by atoms with van der Waals surface area (Å²) in [4.78, 5) is 13.4. The average Bonchev–Trinajstić information content (AvgIpc) is 3.03. The van der Waals surface area contributed by atoms with Gasteiger partial charge in [0.05, 0.1) is 5.69 Å². The molecule has 1 saturated heterocycles. The molecule has 0 spiro atoms. The van der Waals surface area contributed by atoms with Crippen molar-refractivity contribution in [1.29, 1.82) is 0 Å². The normalized spacial score (nSPS) is 15.8. The number of fused-ring (bicyclic) bond motifs is 1. The molecule has 1 aromatic carbocycles. The van der Waals surface area contributed by atoms with Gasteiger partial charge in [0.1, 0.15) is 17.5 Å². The van der Waals surface area contributed by atoms with Gasteiger partial charge in [-0.2, -0.15) is 4.98 Å². The summed E-state index contributed by atoms with van der Waals surface area (Å²) in [5.74, 6) is 0.944. The Morgan fingerprint density at radius 1 is 1.12 bits per heavy atom. The van der Waals surface area contributed by atoms with Crippen molar-refractivity contribution in [1.82, 2.24) is 15.1 Å². The second-order valence-electron chi connectivity index (χ2n) is 6.31. The van der Waals surface area contributed by atoms with Crippen molar-refractivity contribution in [3.05, 3.63) is 42.4 Å². The predicted octanol–water partition coefficient (Wildman–Crippen LogP) is 3.03. The first kappa shape index (κ1) is 14.9. The van der Waals surface area contributed by atoms with E-state index in [0.29, 0.717) is 11.8 Å². The Kier molecular flexibility index (Phi) is 3.80. The SMILES string of the molecule is Cc1noc2ncnc(N3CCC(N(C)c4ccccc4)CC3)c12. The van der Waals surface area contributed by atoms with Crippen LogP contribution in [0.25, 0.3) is 11.1 Å². The highest BCUT2D eigenvalue weighted by Gasteiger charge is 2.25. The summed E-state index contributed by atoms with van der Waals surface area (Å²) in [5, 5.41) is 4.96. The van der Waals surface area contributed by atoms with Gasteiger partial charge in [-0.25, -0.2) is 4.98 Å². The molecule has 0 unspecified atom stereocenters. The summed E-state index contributed by atoms with van der Waals surface area (Å²) in [6.07, 6.45) is 3.76. The van der Waals surface area contributed by atoms with E-state index in [1.165, 1.54) is 5.69 Å². The van der Waals surface area contributed by atoms with Gasteiger partial charge in [0, 0.05) is 31.9 Å². The number of hydrogen-bond donors (Lipinski definition) is 0. The molecule has 6 nitrogen and oxygen atoms in total. The van der Waals surface area contributed by atoms with Crippen molar-refractivity contribution in [2.75, 3.05) is 29.9 Å². The van der Waals surface area contributed by atoms with Crippen LogP contribution in [0.5, 0.6) is 0 Å². The molecule has 3 aromatic rings. The highest BCUT2D eigenvalue weighted by atomic mass is 16.5. The van der Waals surface area contributed by atoms with E-state index in [0.717, 1.165) is 42.8 Å². The number of para-hydroxylation sites is 1. The molecule has 24 heavy (non-hydrogen) atoms. The summed E-state index contributed by atoms with van der Waals surface area (Å²) >= 11 is 0. The molecule has 1 aliphatic rings. The molecule has 2 aromatic heterocycles. The standard InChI is InChI=1S/C18H21N5O/c1-13-16-17(19-12-20-18(16)24-21-13)23-10-8-15(9-11-23)22(2)14-6-4-3-5-7-14/h3-7,12,15H,8-11H2,1-2H3. The molecule has 6 heteroatoms. The second kappa shape index (κ2) is 6.11. The summed E-state index contributed by atoms with van der Waals surface area (Å²) < 4.78 is 5.26. The first-order chi connectivity index (χ1) is 11.7. The Bertz CT molecular complexity index is 824. The lowest BCUT2D eigenvalue weighted by atomic mass is 10.0. The van der Waals surface area contributed by atoms with Crippen LogP contribution in [-0.2, 0) is 0 Å². The molecule has 0 saturated carbocycles. The van der Waals surface area contributed by atoms with Crippen LogP contribution in [0.3, 0.4) is 0 Å². The van der Waals surface area contributed by atoms with E-state index in [9.17, 15) is 0 Å². The maximum absolute atomic E-state index is 5.26. The lowest BCUT2D eigenvalue weighted by molar-refractivity contribution is 0.442. The largest absolute Gasteiger partial charge is 0.371 e. The van der Waals surface area contributed by atoms with Gasteiger partial charge in [-0.3, -0.25) is 0 Å². The van der Waals surface area contributed by atoms with Crippen molar-refractivity contribution in [3.8, 4) is 0 Å². The zero-order valence-electron chi connectivity index (χ0n) is 14.0. The number of rotatable bonds is 3. The summed E-state index contributed by atoms with van der Waals surface area (Å²) in [5.41, 5.74) is 2.69. The van der Waals surface area contributed by atoms with Gasteiger partial charge in [0.2, 0.25) is 0 Å².